The van der Waals surface area contributed by atoms with Gasteiger partial charge in [0.15, 0.2) is 12.6 Å². The molecule has 1 heterocycles. The van der Waals surface area contributed by atoms with Crippen LogP contribution in [-0.4, -0.2) is 57.2 Å². The number of carbonyl (C=O) groups excluding carboxylic acids is 1. The fourth-order valence-electron chi connectivity index (χ4n) is 3.66. The summed E-state index contributed by atoms with van der Waals surface area (Å²) in [5.74, 6) is 2.49. The summed E-state index contributed by atoms with van der Waals surface area (Å²) in [7, 11) is 3.52. The molecule has 0 saturated carbocycles. The van der Waals surface area contributed by atoms with Gasteiger partial charge >= 0.3 is 0 Å². The number of methoxy groups -OCH3 is 1. The van der Waals surface area contributed by atoms with Crippen LogP contribution in [0.1, 0.15) is 23.5 Å². The van der Waals surface area contributed by atoms with Crippen LogP contribution in [0.25, 0.3) is 0 Å². The second-order valence-electron chi connectivity index (χ2n) is 7.33. The van der Waals surface area contributed by atoms with Gasteiger partial charge in [0, 0.05) is 32.6 Å². The third kappa shape index (κ3) is 7.30. The molecule has 1 fully saturated rings. The van der Waals surface area contributed by atoms with Crippen molar-refractivity contribution in [2.75, 3.05) is 40.4 Å². The van der Waals surface area contributed by atoms with Crippen molar-refractivity contribution in [3.05, 3.63) is 59.7 Å². The molecule has 0 aromatic heterocycles. The highest BCUT2D eigenvalue weighted by molar-refractivity contribution is 14.0. The normalized spacial score (nSPS) is 15.9. The van der Waals surface area contributed by atoms with Gasteiger partial charge in [-0.1, -0.05) is 24.3 Å². The van der Waals surface area contributed by atoms with Crippen LogP contribution in [0.4, 0.5) is 0 Å². The number of hydrogen-bond donors (Lipinski definition) is 2. The number of halogens is 1. The van der Waals surface area contributed by atoms with Gasteiger partial charge in [0.1, 0.15) is 11.5 Å². The molecule has 7 nitrogen and oxygen atoms in total. The lowest BCUT2D eigenvalue weighted by atomic mass is 9.98. The summed E-state index contributed by atoms with van der Waals surface area (Å²) in [5.41, 5.74) is 7.61. The Hall–Kier alpha value is -2.49. The number of primary amides is 1. The minimum absolute atomic E-state index is 0. The highest BCUT2D eigenvalue weighted by Gasteiger charge is 2.25. The molecule has 2 aromatic rings. The summed E-state index contributed by atoms with van der Waals surface area (Å²) in [6, 6.07) is 16.1. The Balaban J connectivity index is 0.00000341. The number of guanidine groups is 1. The van der Waals surface area contributed by atoms with E-state index in [4.69, 9.17) is 15.2 Å². The van der Waals surface area contributed by atoms with Crippen LogP contribution in [0.3, 0.4) is 0 Å². The first-order valence-electron chi connectivity index (χ1n) is 10.2. The van der Waals surface area contributed by atoms with E-state index in [2.05, 4.69) is 27.3 Å². The Morgan fingerprint density at radius 3 is 2.45 bits per heavy atom. The molecule has 1 aliphatic rings. The quantitative estimate of drug-likeness (QED) is 0.307. The second kappa shape index (κ2) is 12.4. The van der Waals surface area contributed by atoms with Crippen LogP contribution in [0.2, 0.25) is 0 Å². The van der Waals surface area contributed by atoms with E-state index in [9.17, 15) is 4.79 Å². The standard InChI is InChI=1S/C23H30N4O3.HI/c1-25-23(26-13-11-17-3-7-21(8-4-17)30-16-22(24)28)27-14-12-19(15-27)18-5-9-20(29-2)10-6-18;/h3-10,19H,11-16H2,1-2H3,(H2,24,28)(H,25,26);1H. The van der Waals surface area contributed by atoms with Gasteiger partial charge in [-0.3, -0.25) is 9.79 Å². The summed E-state index contributed by atoms with van der Waals surface area (Å²) < 4.78 is 10.5. The predicted octanol–water partition coefficient (Wildman–Crippen LogP) is 2.78. The van der Waals surface area contributed by atoms with Gasteiger partial charge in [0.2, 0.25) is 0 Å². The molecule has 3 rings (SSSR count). The monoisotopic (exact) mass is 538 g/mol. The number of benzene rings is 2. The van der Waals surface area contributed by atoms with Crippen LogP contribution in [-0.2, 0) is 11.2 Å². The molecule has 1 unspecified atom stereocenters. The molecule has 2 aromatic carbocycles. The van der Waals surface area contributed by atoms with Crippen molar-refractivity contribution in [2.45, 2.75) is 18.8 Å². The molecule has 1 amide bonds. The SMILES string of the molecule is CN=C(NCCc1ccc(OCC(N)=O)cc1)N1CCC(c2ccc(OC)cc2)C1.I. The molecule has 3 N–H and O–H groups in total. The number of hydrogen-bond acceptors (Lipinski definition) is 4. The molecular formula is C23H31IN4O3. The summed E-state index contributed by atoms with van der Waals surface area (Å²) in [6.45, 7) is 2.63. The van der Waals surface area contributed by atoms with Crippen molar-refractivity contribution in [3.8, 4) is 11.5 Å². The topological polar surface area (TPSA) is 89.2 Å². The van der Waals surface area contributed by atoms with E-state index >= 15 is 0 Å². The smallest absolute Gasteiger partial charge is 0.255 e. The molecule has 1 atom stereocenters. The zero-order valence-corrected chi connectivity index (χ0v) is 20.4. The van der Waals surface area contributed by atoms with E-state index in [-0.39, 0.29) is 30.6 Å². The van der Waals surface area contributed by atoms with E-state index < -0.39 is 5.91 Å². The Kier molecular flexibility index (Phi) is 9.90. The number of carbonyl (C=O) groups is 1. The van der Waals surface area contributed by atoms with Crippen molar-refractivity contribution in [3.63, 3.8) is 0 Å². The van der Waals surface area contributed by atoms with Crippen LogP contribution in [0.5, 0.6) is 11.5 Å². The van der Waals surface area contributed by atoms with E-state index in [1.165, 1.54) is 11.1 Å². The van der Waals surface area contributed by atoms with Gasteiger partial charge in [0.05, 0.1) is 7.11 Å². The Labute approximate surface area is 201 Å². The van der Waals surface area contributed by atoms with Gasteiger partial charge < -0.3 is 25.4 Å². The Morgan fingerprint density at radius 2 is 1.84 bits per heavy atom. The minimum atomic E-state index is -0.481. The van der Waals surface area contributed by atoms with E-state index in [1.54, 1.807) is 7.11 Å². The highest BCUT2D eigenvalue weighted by atomic mass is 127. The molecule has 168 valence electrons. The van der Waals surface area contributed by atoms with Gasteiger partial charge in [-0.2, -0.15) is 0 Å². The lowest BCUT2D eigenvalue weighted by Crippen LogP contribution is -2.40. The second-order valence-corrected chi connectivity index (χ2v) is 7.33. The molecule has 0 aliphatic carbocycles. The average molecular weight is 538 g/mol. The lowest BCUT2D eigenvalue weighted by Gasteiger charge is -2.22. The van der Waals surface area contributed by atoms with Crippen LogP contribution in [0.15, 0.2) is 53.5 Å². The molecule has 0 bridgehead atoms. The third-order valence-electron chi connectivity index (χ3n) is 5.29. The van der Waals surface area contributed by atoms with Gasteiger partial charge in [0.25, 0.3) is 5.91 Å². The summed E-state index contributed by atoms with van der Waals surface area (Å²) in [6.07, 6.45) is 1.98. The number of amides is 1. The maximum absolute atomic E-state index is 10.8. The number of likely N-dealkylation sites (tertiary alicyclic amines) is 1. The molecule has 8 heteroatoms. The third-order valence-corrected chi connectivity index (χ3v) is 5.29. The number of aliphatic imine (C=N–C) groups is 1. The zero-order chi connectivity index (χ0) is 21.3. The molecule has 1 aliphatic heterocycles. The average Bonchev–Trinajstić information content (AvgIpc) is 3.26. The van der Waals surface area contributed by atoms with E-state index in [0.717, 1.165) is 44.2 Å². The molecule has 1 saturated heterocycles. The van der Waals surface area contributed by atoms with Crippen molar-refractivity contribution in [2.24, 2.45) is 10.7 Å². The van der Waals surface area contributed by atoms with Gasteiger partial charge in [-0.15, -0.1) is 24.0 Å². The minimum Gasteiger partial charge on any atom is -0.497 e. The number of nitrogens with one attached hydrogen (secondary N) is 1. The first kappa shape index (κ1) is 24.8. The first-order valence-corrected chi connectivity index (χ1v) is 10.2. The van der Waals surface area contributed by atoms with Crippen molar-refractivity contribution < 1.29 is 14.3 Å². The lowest BCUT2D eigenvalue weighted by molar-refractivity contribution is -0.119. The van der Waals surface area contributed by atoms with Crippen molar-refractivity contribution in [1.82, 2.24) is 10.2 Å². The molecule has 0 radical (unpaired) electrons. The predicted molar refractivity (Wildman–Crippen MR) is 134 cm³/mol. The van der Waals surface area contributed by atoms with E-state index in [0.29, 0.717) is 11.7 Å². The Bertz CT molecular complexity index is 856. The number of nitrogens with zero attached hydrogens (tertiary/aromatic N) is 2. The molecule has 31 heavy (non-hydrogen) atoms. The number of ether oxygens (including phenoxy) is 2. The van der Waals surface area contributed by atoms with Gasteiger partial charge in [-0.25, -0.2) is 0 Å². The first-order chi connectivity index (χ1) is 14.6. The number of nitrogens with two attached hydrogens (primary N) is 1. The van der Waals surface area contributed by atoms with Crippen molar-refractivity contribution >= 4 is 35.8 Å². The maximum Gasteiger partial charge on any atom is 0.255 e. The maximum atomic E-state index is 10.8. The van der Waals surface area contributed by atoms with Crippen LogP contribution < -0.4 is 20.5 Å². The summed E-state index contributed by atoms with van der Waals surface area (Å²) in [4.78, 5) is 17.6. The molecule has 0 spiro atoms. The largest absolute Gasteiger partial charge is 0.497 e. The zero-order valence-electron chi connectivity index (χ0n) is 18.0. The Morgan fingerprint density at radius 1 is 1.16 bits per heavy atom. The summed E-state index contributed by atoms with van der Waals surface area (Å²) in [5, 5.41) is 3.47. The van der Waals surface area contributed by atoms with Crippen LogP contribution >= 0.6 is 24.0 Å². The molecular weight excluding hydrogens is 507 g/mol. The highest BCUT2D eigenvalue weighted by Crippen LogP contribution is 2.28. The van der Waals surface area contributed by atoms with Crippen molar-refractivity contribution in [1.29, 1.82) is 0 Å². The fraction of sp³-hybridized carbons (Fsp3) is 0.391. The number of rotatable bonds is 8. The summed E-state index contributed by atoms with van der Waals surface area (Å²) >= 11 is 0. The van der Waals surface area contributed by atoms with Crippen LogP contribution in [0, 0.1) is 0 Å². The van der Waals surface area contributed by atoms with Gasteiger partial charge in [-0.05, 0) is 48.2 Å². The fourth-order valence-corrected chi connectivity index (χ4v) is 3.66. The van der Waals surface area contributed by atoms with E-state index in [1.807, 2.05) is 43.4 Å².